The highest BCUT2D eigenvalue weighted by Crippen LogP contribution is 2.36. The standard InChI is InChI=1S/C37H64N4O12/c1-25(42)22-41(23-26(2)43)28(44)12-15-38-32(50)36(7,8)14-17-52-19-20-53-18-16-39-31(49)35(5,6)13-11-27(30(47)48)40-33(51)37(9,10)24-34(3,4)21-29(45)46/h27H,11-24H2,1-10H3,(H,38,50)(H,39,49)(H,40,51)(H,45,46)(H,47,48)/t27-/m0/s1. The average Bonchev–Trinajstić information content (AvgIpc) is 2.99. The van der Waals surface area contributed by atoms with Crippen LogP contribution in [-0.2, 0) is 47.8 Å². The third-order valence-corrected chi connectivity index (χ3v) is 8.64. The van der Waals surface area contributed by atoms with Crippen LogP contribution in [0.2, 0.25) is 0 Å². The second-order valence-electron chi connectivity index (χ2n) is 16.4. The highest BCUT2D eigenvalue weighted by atomic mass is 16.5. The zero-order chi connectivity index (χ0) is 41.2. The van der Waals surface area contributed by atoms with E-state index in [0.29, 0.717) is 6.42 Å². The Morgan fingerprint density at radius 2 is 1.13 bits per heavy atom. The molecule has 0 rings (SSSR count). The van der Waals surface area contributed by atoms with Crippen molar-refractivity contribution in [2.75, 3.05) is 52.6 Å². The molecule has 0 heterocycles. The first-order chi connectivity index (χ1) is 24.2. The minimum atomic E-state index is -1.23. The van der Waals surface area contributed by atoms with Crippen molar-refractivity contribution < 1.29 is 58.0 Å². The molecule has 0 spiro atoms. The normalized spacial score (nSPS) is 12.7. The van der Waals surface area contributed by atoms with Crippen LogP contribution in [0.15, 0.2) is 0 Å². The molecular weight excluding hydrogens is 692 g/mol. The maximum Gasteiger partial charge on any atom is 0.326 e. The van der Waals surface area contributed by atoms with Gasteiger partial charge in [0.15, 0.2) is 0 Å². The van der Waals surface area contributed by atoms with Gasteiger partial charge in [-0.3, -0.25) is 33.6 Å². The van der Waals surface area contributed by atoms with E-state index >= 15 is 0 Å². The van der Waals surface area contributed by atoms with Gasteiger partial charge in [0.1, 0.15) is 17.6 Å². The molecule has 0 saturated heterocycles. The van der Waals surface area contributed by atoms with Crippen LogP contribution in [0.5, 0.6) is 0 Å². The fourth-order valence-electron chi connectivity index (χ4n) is 5.67. The number of ketones is 2. The lowest BCUT2D eigenvalue weighted by atomic mass is 9.72. The molecule has 0 aliphatic carbocycles. The topological polar surface area (TPSA) is 235 Å². The molecule has 0 aliphatic rings. The fraction of sp³-hybridized carbons (Fsp3) is 0.784. The molecule has 0 aromatic heterocycles. The second-order valence-corrected chi connectivity index (χ2v) is 16.4. The Morgan fingerprint density at radius 1 is 0.642 bits per heavy atom. The Morgan fingerprint density at radius 3 is 1.62 bits per heavy atom. The molecule has 1 atom stereocenters. The molecule has 0 bridgehead atoms. The second kappa shape index (κ2) is 22.3. The average molecular weight is 757 g/mol. The largest absolute Gasteiger partial charge is 0.481 e. The minimum absolute atomic E-state index is 0.00521. The van der Waals surface area contributed by atoms with E-state index in [1.54, 1.807) is 55.4 Å². The van der Waals surface area contributed by atoms with Crippen LogP contribution >= 0.6 is 0 Å². The number of nitrogens with one attached hydrogen (secondary N) is 3. The zero-order valence-electron chi connectivity index (χ0n) is 33.4. The SMILES string of the molecule is CC(=O)CN(CC(C)=O)C(=O)CCNC(=O)C(C)(C)CCOCCOCCNC(=O)C(C)(C)CC[C@H](NC(=O)C(C)(C)CC(C)(C)CC(=O)O)C(=O)O. The van der Waals surface area contributed by atoms with Crippen LogP contribution in [0.25, 0.3) is 0 Å². The molecule has 0 radical (unpaired) electrons. The van der Waals surface area contributed by atoms with Gasteiger partial charge < -0.3 is 40.5 Å². The van der Waals surface area contributed by atoms with Gasteiger partial charge in [-0.2, -0.15) is 0 Å². The lowest BCUT2D eigenvalue weighted by molar-refractivity contribution is -0.145. The molecule has 0 aliphatic heterocycles. The van der Waals surface area contributed by atoms with E-state index in [4.69, 9.17) is 14.6 Å². The van der Waals surface area contributed by atoms with Gasteiger partial charge >= 0.3 is 11.9 Å². The summed E-state index contributed by atoms with van der Waals surface area (Å²) >= 11 is 0. The summed E-state index contributed by atoms with van der Waals surface area (Å²) in [6, 6.07) is -1.23. The van der Waals surface area contributed by atoms with Gasteiger partial charge in [0, 0.05) is 42.4 Å². The first-order valence-corrected chi connectivity index (χ1v) is 18.0. The maximum atomic E-state index is 13.0. The summed E-state index contributed by atoms with van der Waals surface area (Å²) in [7, 11) is 0. The van der Waals surface area contributed by atoms with Gasteiger partial charge in [-0.1, -0.05) is 55.4 Å². The van der Waals surface area contributed by atoms with Crippen molar-refractivity contribution in [2.45, 2.75) is 114 Å². The van der Waals surface area contributed by atoms with E-state index in [1.165, 1.54) is 18.7 Å². The molecule has 0 aromatic rings. The van der Waals surface area contributed by atoms with Gasteiger partial charge in [0.25, 0.3) is 0 Å². The highest BCUT2D eigenvalue weighted by Gasteiger charge is 2.38. The van der Waals surface area contributed by atoms with E-state index in [2.05, 4.69) is 16.0 Å². The van der Waals surface area contributed by atoms with Crippen molar-refractivity contribution in [3.8, 4) is 0 Å². The Labute approximate surface area is 313 Å². The smallest absolute Gasteiger partial charge is 0.326 e. The van der Waals surface area contributed by atoms with Crippen LogP contribution in [-0.4, -0.2) is 121 Å². The van der Waals surface area contributed by atoms with Crippen molar-refractivity contribution in [3.05, 3.63) is 0 Å². The lowest BCUT2D eigenvalue weighted by Crippen LogP contribution is -2.48. The summed E-state index contributed by atoms with van der Waals surface area (Å²) in [5, 5.41) is 27.0. The number of carboxylic acids is 2. The van der Waals surface area contributed by atoms with E-state index in [0.717, 1.165) is 0 Å². The van der Waals surface area contributed by atoms with Crippen molar-refractivity contribution in [1.29, 1.82) is 0 Å². The molecule has 0 fully saturated rings. The van der Waals surface area contributed by atoms with E-state index in [1.807, 2.05) is 0 Å². The number of rotatable bonds is 28. The molecular formula is C37H64N4O12. The van der Waals surface area contributed by atoms with Crippen LogP contribution in [0, 0.1) is 21.7 Å². The predicted octanol–water partition coefficient (Wildman–Crippen LogP) is 2.36. The molecule has 16 nitrogen and oxygen atoms in total. The van der Waals surface area contributed by atoms with E-state index < -0.39 is 51.5 Å². The molecule has 4 amide bonds. The number of nitrogens with zero attached hydrogens (tertiary/aromatic N) is 1. The zero-order valence-corrected chi connectivity index (χ0v) is 33.4. The lowest BCUT2D eigenvalue weighted by Gasteiger charge is -2.34. The summed E-state index contributed by atoms with van der Waals surface area (Å²) in [5.74, 6) is -4.19. The van der Waals surface area contributed by atoms with Crippen LogP contribution in [0.4, 0.5) is 0 Å². The van der Waals surface area contributed by atoms with Crippen molar-refractivity contribution >= 4 is 47.1 Å². The van der Waals surface area contributed by atoms with Crippen LogP contribution < -0.4 is 16.0 Å². The number of hydrogen-bond acceptors (Lipinski definition) is 10. The summed E-state index contributed by atoms with van der Waals surface area (Å²) in [6.07, 6.45) is 0.615. The summed E-state index contributed by atoms with van der Waals surface area (Å²) in [4.78, 5) is 98.1. The van der Waals surface area contributed by atoms with Crippen molar-refractivity contribution in [3.63, 3.8) is 0 Å². The summed E-state index contributed by atoms with van der Waals surface area (Å²) in [6.45, 7) is 17.2. The highest BCUT2D eigenvalue weighted by molar-refractivity contribution is 5.89. The predicted molar refractivity (Wildman–Crippen MR) is 196 cm³/mol. The van der Waals surface area contributed by atoms with Gasteiger partial charge in [0.2, 0.25) is 23.6 Å². The molecule has 0 saturated carbocycles. The number of carbonyl (C=O) groups is 8. The monoisotopic (exact) mass is 756 g/mol. The van der Waals surface area contributed by atoms with Crippen molar-refractivity contribution in [1.82, 2.24) is 20.9 Å². The number of ether oxygens (including phenoxy) is 2. The molecule has 5 N–H and O–H groups in total. The first-order valence-electron chi connectivity index (χ1n) is 18.0. The molecule has 304 valence electrons. The Kier molecular flexibility index (Phi) is 20.7. The van der Waals surface area contributed by atoms with Gasteiger partial charge in [0.05, 0.1) is 39.3 Å². The number of amides is 4. The summed E-state index contributed by atoms with van der Waals surface area (Å²) < 4.78 is 11.1. The third kappa shape index (κ3) is 20.8. The van der Waals surface area contributed by atoms with Crippen molar-refractivity contribution in [2.24, 2.45) is 21.7 Å². The number of hydrogen-bond donors (Lipinski definition) is 5. The fourth-order valence-corrected chi connectivity index (χ4v) is 5.67. The third-order valence-electron chi connectivity index (χ3n) is 8.64. The van der Waals surface area contributed by atoms with Crippen LogP contribution in [0.1, 0.15) is 108 Å². The Bertz CT molecular complexity index is 1280. The molecule has 0 unspecified atom stereocenters. The number of aliphatic carboxylic acids is 2. The minimum Gasteiger partial charge on any atom is -0.481 e. The summed E-state index contributed by atoms with van der Waals surface area (Å²) in [5.41, 5.74) is -3.44. The molecule has 16 heteroatoms. The quantitative estimate of drug-likeness (QED) is 0.0724. The number of carbonyl (C=O) groups excluding carboxylic acids is 6. The van der Waals surface area contributed by atoms with Crippen LogP contribution in [0.3, 0.4) is 0 Å². The first kappa shape index (κ1) is 49.1. The van der Waals surface area contributed by atoms with E-state index in [-0.39, 0.29) is 108 Å². The Hall–Kier alpha value is -3.92. The molecule has 0 aromatic carbocycles. The van der Waals surface area contributed by atoms with E-state index in [9.17, 15) is 43.5 Å². The Balaban J connectivity index is 4.51. The van der Waals surface area contributed by atoms with Gasteiger partial charge in [-0.15, -0.1) is 0 Å². The maximum absolute atomic E-state index is 13.0. The molecule has 53 heavy (non-hydrogen) atoms. The van der Waals surface area contributed by atoms with Gasteiger partial charge in [-0.25, -0.2) is 4.79 Å². The number of Topliss-reactive ketones (excluding diaryl/α,β-unsaturated/α-hetero) is 2. The number of carboxylic acid groups (broad SMARTS) is 2. The van der Waals surface area contributed by atoms with Gasteiger partial charge in [-0.05, 0) is 44.9 Å².